The summed E-state index contributed by atoms with van der Waals surface area (Å²) in [5, 5.41) is 2.67. The molecule has 0 spiro atoms. The lowest BCUT2D eigenvalue weighted by molar-refractivity contribution is -0.143. The summed E-state index contributed by atoms with van der Waals surface area (Å²) < 4.78 is 11.9. The number of ether oxygens (including phenoxy) is 1. The van der Waals surface area contributed by atoms with Crippen molar-refractivity contribution in [3.8, 4) is 0 Å². The highest BCUT2D eigenvalue weighted by molar-refractivity contribution is 5.88. The third-order valence-electron chi connectivity index (χ3n) is 3.99. The van der Waals surface area contributed by atoms with Crippen LogP contribution < -0.4 is 11.1 Å². The number of fused-ring (bicyclic) bond motifs is 1. The highest BCUT2D eigenvalue weighted by Gasteiger charge is 2.09. The molecule has 0 aliphatic carbocycles. The number of aromatic nitrogens is 1. The zero-order valence-electron chi connectivity index (χ0n) is 14.9. The molecule has 1 N–H and O–H groups in total. The van der Waals surface area contributed by atoms with Gasteiger partial charge in [-0.3, -0.25) is 14.2 Å². The summed E-state index contributed by atoms with van der Waals surface area (Å²) in [7, 11) is 0. The van der Waals surface area contributed by atoms with Crippen molar-refractivity contribution < 1.29 is 18.7 Å². The first-order chi connectivity index (χ1) is 13.0. The van der Waals surface area contributed by atoms with Crippen LogP contribution in [0.25, 0.3) is 11.1 Å². The Balaban J connectivity index is 1.46. The molecule has 27 heavy (non-hydrogen) atoms. The molecule has 0 saturated carbocycles. The molecule has 3 aromatic rings. The predicted molar refractivity (Wildman–Crippen MR) is 100 cm³/mol. The zero-order chi connectivity index (χ0) is 19.2. The number of hydrogen-bond donors (Lipinski definition) is 1. The van der Waals surface area contributed by atoms with Crippen LogP contribution in [0, 0.1) is 0 Å². The van der Waals surface area contributed by atoms with Crippen molar-refractivity contribution in [3.63, 3.8) is 0 Å². The molecule has 2 aromatic carbocycles. The number of amides is 1. The first-order valence-corrected chi connectivity index (χ1v) is 8.63. The van der Waals surface area contributed by atoms with Crippen LogP contribution in [0.5, 0.6) is 0 Å². The van der Waals surface area contributed by atoms with Crippen molar-refractivity contribution in [2.45, 2.75) is 26.3 Å². The maximum Gasteiger partial charge on any atom is 0.419 e. The monoisotopic (exact) mass is 368 g/mol. The Morgan fingerprint density at radius 2 is 1.85 bits per heavy atom. The lowest BCUT2D eigenvalue weighted by Crippen LogP contribution is -2.16. The van der Waals surface area contributed by atoms with Gasteiger partial charge in [0.15, 0.2) is 5.58 Å². The number of nitrogens with one attached hydrogen (secondary N) is 1. The maximum absolute atomic E-state index is 11.9. The Morgan fingerprint density at radius 3 is 2.59 bits per heavy atom. The average Bonchev–Trinajstić information content (AvgIpc) is 2.95. The molecule has 0 aliphatic rings. The minimum absolute atomic E-state index is 0.147. The molecular weight excluding hydrogens is 348 g/mol. The highest BCUT2D eigenvalue weighted by Crippen LogP contribution is 2.12. The molecule has 0 unspecified atom stereocenters. The second-order valence-electron chi connectivity index (χ2n) is 6.12. The van der Waals surface area contributed by atoms with Gasteiger partial charge in [0.05, 0.1) is 18.5 Å². The molecule has 1 amide bonds. The largest absolute Gasteiger partial charge is 0.465 e. The number of carbonyl (C=O) groups is 2. The van der Waals surface area contributed by atoms with Crippen molar-refractivity contribution in [1.29, 1.82) is 0 Å². The van der Waals surface area contributed by atoms with Crippen LogP contribution in [0.15, 0.2) is 57.7 Å². The summed E-state index contributed by atoms with van der Waals surface area (Å²) in [5.41, 5.74) is 2.75. The van der Waals surface area contributed by atoms with E-state index in [0.717, 1.165) is 11.1 Å². The number of benzene rings is 2. The molecule has 7 heteroatoms. The Morgan fingerprint density at radius 1 is 1.11 bits per heavy atom. The lowest BCUT2D eigenvalue weighted by atomic mass is 10.1. The van der Waals surface area contributed by atoms with Gasteiger partial charge in [-0.15, -0.1) is 0 Å². The summed E-state index contributed by atoms with van der Waals surface area (Å²) in [5.74, 6) is -0.903. The number of hydrogen-bond acceptors (Lipinski definition) is 5. The van der Waals surface area contributed by atoms with Crippen LogP contribution >= 0.6 is 0 Å². The fraction of sp³-hybridized carbons (Fsp3) is 0.250. The summed E-state index contributed by atoms with van der Waals surface area (Å²) in [6.45, 7) is 2.06. The van der Waals surface area contributed by atoms with Crippen LogP contribution in [-0.2, 0) is 27.3 Å². The Hall–Kier alpha value is -3.35. The number of aryl methyl sites for hydroxylation is 1. The second kappa shape index (κ2) is 8.35. The smallest absolute Gasteiger partial charge is 0.419 e. The second-order valence-corrected chi connectivity index (χ2v) is 6.12. The van der Waals surface area contributed by atoms with Gasteiger partial charge in [0.1, 0.15) is 0 Å². The van der Waals surface area contributed by atoms with Gasteiger partial charge < -0.3 is 14.5 Å². The van der Waals surface area contributed by atoms with Crippen molar-refractivity contribution >= 4 is 28.7 Å². The minimum Gasteiger partial charge on any atom is -0.465 e. The number of anilines is 1. The summed E-state index contributed by atoms with van der Waals surface area (Å²) in [6.07, 6.45) is 0.658. The van der Waals surface area contributed by atoms with Crippen LogP contribution in [0.2, 0.25) is 0 Å². The molecule has 0 atom stereocenters. The highest BCUT2D eigenvalue weighted by atomic mass is 16.5. The van der Waals surface area contributed by atoms with Gasteiger partial charge in [-0.2, -0.15) is 0 Å². The Kier molecular flexibility index (Phi) is 5.71. The van der Waals surface area contributed by atoms with Gasteiger partial charge in [0.2, 0.25) is 5.91 Å². The van der Waals surface area contributed by atoms with Crippen LogP contribution in [0.3, 0.4) is 0 Å². The van der Waals surface area contributed by atoms with E-state index in [9.17, 15) is 14.4 Å². The van der Waals surface area contributed by atoms with E-state index in [1.165, 1.54) is 11.5 Å². The molecule has 0 radical (unpaired) electrons. The van der Waals surface area contributed by atoms with E-state index in [-0.39, 0.29) is 24.9 Å². The molecule has 0 fully saturated rings. The molecule has 0 bridgehead atoms. The molecule has 1 heterocycles. The van der Waals surface area contributed by atoms with E-state index < -0.39 is 5.76 Å². The number of rotatable bonds is 7. The number of oxazole rings is 1. The molecule has 0 saturated heterocycles. The normalized spacial score (nSPS) is 10.7. The predicted octanol–water partition coefficient (Wildman–Crippen LogP) is 2.73. The first-order valence-electron chi connectivity index (χ1n) is 8.63. The standard InChI is InChI=1S/C20H20N2O5/c1-14(23)21-16-9-7-15(8-10-16)13-19(24)26-12-4-11-22-17-5-2-3-6-18(17)27-20(22)25/h2-3,5-10H,4,11-13H2,1H3,(H,21,23). The van der Waals surface area contributed by atoms with Crippen LogP contribution in [0.4, 0.5) is 5.69 Å². The van der Waals surface area contributed by atoms with Crippen LogP contribution in [-0.4, -0.2) is 23.1 Å². The molecule has 140 valence electrons. The van der Waals surface area contributed by atoms with Crippen molar-refractivity contribution in [2.75, 3.05) is 11.9 Å². The number of nitrogens with zero attached hydrogens (tertiary/aromatic N) is 1. The van der Waals surface area contributed by atoms with Gasteiger partial charge in [0, 0.05) is 19.2 Å². The van der Waals surface area contributed by atoms with Crippen LogP contribution in [0.1, 0.15) is 18.9 Å². The number of esters is 1. The summed E-state index contributed by atoms with van der Waals surface area (Å²) in [6, 6.07) is 14.2. The Bertz CT molecular complexity index is 1000. The molecule has 1 aromatic heterocycles. The topological polar surface area (TPSA) is 90.5 Å². The number of para-hydroxylation sites is 2. The molecule has 0 aliphatic heterocycles. The van der Waals surface area contributed by atoms with Gasteiger partial charge in [-0.25, -0.2) is 4.79 Å². The third kappa shape index (κ3) is 4.84. The fourth-order valence-electron chi connectivity index (χ4n) is 2.76. The molecule has 3 rings (SSSR count). The number of carbonyl (C=O) groups excluding carboxylic acids is 2. The van der Waals surface area contributed by atoms with Gasteiger partial charge in [0.25, 0.3) is 0 Å². The van der Waals surface area contributed by atoms with E-state index in [0.29, 0.717) is 24.2 Å². The van der Waals surface area contributed by atoms with Crippen molar-refractivity contribution in [2.24, 2.45) is 0 Å². The SMILES string of the molecule is CC(=O)Nc1ccc(CC(=O)OCCCn2c(=O)oc3ccccc32)cc1. The van der Waals surface area contributed by atoms with Gasteiger partial charge in [-0.1, -0.05) is 24.3 Å². The maximum atomic E-state index is 11.9. The minimum atomic E-state index is -0.415. The third-order valence-corrected chi connectivity index (χ3v) is 3.99. The molecular formula is C20H20N2O5. The van der Waals surface area contributed by atoms with Gasteiger partial charge in [-0.05, 0) is 36.2 Å². The summed E-state index contributed by atoms with van der Waals surface area (Å²) in [4.78, 5) is 34.8. The lowest BCUT2D eigenvalue weighted by Gasteiger charge is -2.07. The zero-order valence-corrected chi connectivity index (χ0v) is 14.9. The van der Waals surface area contributed by atoms with E-state index in [1.807, 2.05) is 12.1 Å². The van der Waals surface area contributed by atoms with E-state index >= 15 is 0 Å². The summed E-state index contributed by atoms with van der Waals surface area (Å²) >= 11 is 0. The fourth-order valence-corrected chi connectivity index (χ4v) is 2.76. The van der Waals surface area contributed by atoms with Crippen molar-refractivity contribution in [3.05, 3.63) is 64.6 Å². The Labute approximate surface area is 155 Å². The van der Waals surface area contributed by atoms with Crippen molar-refractivity contribution in [1.82, 2.24) is 4.57 Å². The quantitative estimate of drug-likeness (QED) is 0.511. The van der Waals surface area contributed by atoms with E-state index in [4.69, 9.17) is 9.15 Å². The first kappa shape index (κ1) is 18.4. The molecule has 7 nitrogen and oxygen atoms in total. The average molecular weight is 368 g/mol. The van der Waals surface area contributed by atoms with E-state index in [2.05, 4.69) is 5.32 Å². The van der Waals surface area contributed by atoms with Gasteiger partial charge >= 0.3 is 11.7 Å². The van der Waals surface area contributed by atoms with E-state index in [1.54, 1.807) is 36.4 Å².